The van der Waals surface area contributed by atoms with Gasteiger partial charge in [0.15, 0.2) is 0 Å². The zero-order valence-corrected chi connectivity index (χ0v) is 8.93. The van der Waals surface area contributed by atoms with Gasteiger partial charge in [-0.15, -0.1) is 10.2 Å². The third kappa shape index (κ3) is 2.43. The summed E-state index contributed by atoms with van der Waals surface area (Å²) in [6.07, 6.45) is 7.08. The Balaban J connectivity index is 2.11. The molecule has 1 heterocycles. The van der Waals surface area contributed by atoms with Gasteiger partial charge in [-0.3, -0.25) is 4.57 Å². The first-order chi connectivity index (χ1) is 7.40. The molecule has 0 aliphatic carbocycles. The smallest absolute Gasteiger partial charge is 0.123 e. The topological polar surface area (TPSA) is 30.7 Å². The summed E-state index contributed by atoms with van der Waals surface area (Å²) in [7, 11) is 0. The Kier molecular flexibility index (Phi) is 3.12. The minimum atomic E-state index is 1.11. The van der Waals surface area contributed by atoms with Crippen molar-refractivity contribution in [1.29, 1.82) is 0 Å². The summed E-state index contributed by atoms with van der Waals surface area (Å²) in [5, 5.41) is 7.57. The molecule has 0 aliphatic heterocycles. The lowest BCUT2D eigenvalue weighted by Crippen LogP contribution is -1.91. The number of nitrogens with zero attached hydrogens (tertiary/aromatic N) is 3. The lowest BCUT2D eigenvalue weighted by atomic mass is 10.1. The van der Waals surface area contributed by atoms with Crippen LogP contribution in [-0.4, -0.2) is 14.8 Å². The van der Waals surface area contributed by atoms with Crippen molar-refractivity contribution in [2.45, 2.75) is 26.2 Å². The average molecular weight is 201 g/mol. The molecule has 2 aromatic rings. The van der Waals surface area contributed by atoms with Crippen LogP contribution in [0.2, 0.25) is 0 Å². The lowest BCUT2D eigenvalue weighted by Gasteiger charge is -2.03. The van der Waals surface area contributed by atoms with E-state index in [0.29, 0.717) is 0 Å². The van der Waals surface area contributed by atoms with Crippen molar-refractivity contribution in [1.82, 2.24) is 14.8 Å². The second-order valence-corrected chi connectivity index (χ2v) is 3.64. The molecular weight excluding hydrogens is 186 g/mol. The van der Waals surface area contributed by atoms with Gasteiger partial charge in [0.2, 0.25) is 0 Å². The number of aromatic nitrogens is 3. The predicted molar refractivity (Wildman–Crippen MR) is 60.0 cm³/mol. The van der Waals surface area contributed by atoms with Crippen molar-refractivity contribution in [2.75, 3.05) is 0 Å². The van der Waals surface area contributed by atoms with Crippen molar-refractivity contribution in [3.63, 3.8) is 0 Å². The molecule has 0 N–H and O–H groups in total. The zero-order valence-electron chi connectivity index (χ0n) is 8.93. The number of aryl methyl sites for hydroxylation is 1. The minimum Gasteiger partial charge on any atom is -0.288 e. The highest BCUT2D eigenvalue weighted by Crippen LogP contribution is 2.10. The maximum absolute atomic E-state index is 3.78. The predicted octanol–water partition coefficient (Wildman–Crippen LogP) is 2.61. The normalized spacial score (nSPS) is 10.5. The summed E-state index contributed by atoms with van der Waals surface area (Å²) in [4.78, 5) is 0. The van der Waals surface area contributed by atoms with E-state index in [0.717, 1.165) is 5.69 Å². The Morgan fingerprint density at radius 2 is 1.73 bits per heavy atom. The van der Waals surface area contributed by atoms with Gasteiger partial charge in [-0.1, -0.05) is 25.5 Å². The second-order valence-electron chi connectivity index (χ2n) is 3.64. The molecule has 0 fully saturated rings. The van der Waals surface area contributed by atoms with Crippen molar-refractivity contribution in [2.24, 2.45) is 0 Å². The van der Waals surface area contributed by atoms with Gasteiger partial charge >= 0.3 is 0 Å². The molecule has 78 valence electrons. The Hall–Kier alpha value is -1.64. The van der Waals surface area contributed by atoms with E-state index in [1.807, 2.05) is 4.57 Å². The first kappa shape index (κ1) is 9.90. The van der Waals surface area contributed by atoms with E-state index in [-0.39, 0.29) is 0 Å². The summed E-state index contributed by atoms with van der Waals surface area (Å²) >= 11 is 0. The standard InChI is InChI=1S/C12H15N3/c1-2-3-4-11-5-7-12(8-6-11)15-9-13-14-10-15/h5-10H,2-4H2,1H3. The van der Waals surface area contributed by atoms with E-state index in [1.165, 1.54) is 24.8 Å². The summed E-state index contributed by atoms with van der Waals surface area (Å²) in [5.74, 6) is 0. The molecule has 15 heavy (non-hydrogen) atoms. The first-order valence-electron chi connectivity index (χ1n) is 5.34. The van der Waals surface area contributed by atoms with Crippen molar-refractivity contribution >= 4 is 0 Å². The molecule has 1 aromatic heterocycles. The highest BCUT2D eigenvalue weighted by atomic mass is 15.2. The quantitative estimate of drug-likeness (QED) is 0.761. The van der Waals surface area contributed by atoms with E-state index < -0.39 is 0 Å². The van der Waals surface area contributed by atoms with E-state index in [2.05, 4.69) is 41.4 Å². The van der Waals surface area contributed by atoms with Crippen LogP contribution in [0.3, 0.4) is 0 Å². The van der Waals surface area contributed by atoms with Crippen LogP contribution in [-0.2, 0) is 6.42 Å². The first-order valence-corrected chi connectivity index (χ1v) is 5.34. The molecule has 2 rings (SSSR count). The third-order valence-electron chi connectivity index (χ3n) is 2.47. The Labute approximate surface area is 89.8 Å². The van der Waals surface area contributed by atoms with E-state index in [1.54, 1.807) is 12.7 Å². The monoisotopic (exact) mass is 201 g/mol. The molecule has 0 atom stereocenters. The van der Waals surface area contributed by atoms with E-state index in [4.69, 9.17) is 0 Å². The van der Waals surface area contributed by atoms with Gasteiger partial charge in [-0.25, -0.2) is 0 Å². The van der Waals surface area contributed by atoms with Crippen LogP contribution in [0.25, 0.3) is 5.69 Å². The second kappa shape index (κ2) is 4.73. The third-order valence-corrected chi connectivity index (χ3v) is 2.47. The van der Waals surface area contributed by atoms with Crippen LogP contribution in [0.1, 0.15) is 25.3 Å². The van der Waals surface area contributed by atoms with E-state index >= 15 is 0 Å². The van der Waals surface area contributed by atoms with Crippen LogP contribution >= 0.6 is 0 Å². The van der Waals surface area contributed by atoms with E-state index in [9.17, 15) is 0 Å². The van der Waals surface area contributed by atoms with Gasteiger partial charge in [0, 0.05) is 5.69 Å². The highest BCUT2D eigenvalue weighted by Gasteiger charge is 1.96. The van der Waals surface area contributed by atoms with Gasteiger partial charge in [0.05, 0.1) is 0 Å². The summed E-state index contributed by atoms with van der Waals surface area (Å²) in [6, 6.07) is 8.55. The molecule has 0 bridgehead atoms. The molecule has 0 radical (unpaired) electrons. The summed E-state index contributed by atoms with van der Waals surface area (Å²) in [5.41, 5.74) is 2.51. The highest BCUT2D eigenvalue weighted by molar-refractivity contribution is 5.34. The number of unbranched alkanes of at least 4 members (excludes halogenated alkanes) is 1. The summed E-state index contributed by atoms with van der Waals surface area (Å²) in [6.45, 7) is 2.21. The molecule has 1 aromatic carbocycles. The Morgan fingerprint density at radius 1 is 1.07 bits per heavy atom. The van der Waals surface area contributed by atoms with Gasteiger partial charge in [-0.05, 0) is 30.5 Å². The number of hydrogen-bond donors (Lipinski definition) is 0. The molecule has 0 saturated carbocycles. The maximum Gasteiger partial charge on any atom is 0.123 e. The molecule has 3 heteroatoms. The largest absolute Gasteiger partial charge is 0.288 e. The van der Waals surface area contributed by atoms with Crippen LogP contribution in [0, 0.1) is 0 Å². The molecule has 3 nitrogen and oxygen atoms in total. The molecule has 0 aliphatic rings. The average Bonchev–Trinajstić information content (AvgIpc) is 2.80. The van der Waals surface area contributed by atoms with Crippen LogP contribution < -0.4 is 0 Å². The van der Waals surface area contributed by atoms with Gasteiger partial charge in [0.1, 0.15) is 12.7 Å². The van der Waals surface area contributed by atoms with Gasteiger partial charge in [0.25, 0.3) is 0 Å². The van der Waals surface area contributed by atoms with Gasteiger partial charge < -0.3 is 0 Å². The number of hydrogen-bond acceptors (Lipinski definition) is 2. The fraction of sp³-hybridized carbons (Fsp3) is 0.333. The fourth-order valence-electron chi connectivity index (χ4n) is 1.55. The number of rotatable bonds is 4. The molecule has 0 amide bonds. The van der Waals surface area contributed by atoms with Crippen molar-refractivity contribution < 1.29 is 0 Å². The fourth-order valence-corrected chi connectivity index (χ4v) is 1.55. The minimum absolute atomic E-state index is 1.11. The summed E-state index contributed by atoms with van der Waals surface area (Å²) < 4.78 is 1.91. The SMILES string of the molecule is CCCCc1ccc(-n2cnnc2)cc1. The van der Waals surface area contributed by atoms with Crippen molar-refractivity contribution in [3.05, 3.63) is 42.5 Å². The number of benzene rings is 1. The molecule has 0 spiro atoms. The molecule has 0 unspecified atom stereocenters. The molecular formula is C12H15N3. The Bertz CT molecular complexity index is 389. The van der Waals surface area contributed by atoms with Crippen molar-refractivity contribution in [3.8, 4) is 5.69 Å². The van der Waals surface area contributed by atoms with Crippen LogP contribution in [0.5, 0.6) is 0 Å². The van der Waals surface area contributed by atoms with Crippen LogP contribution in [0.4, 0.5) is 0 Å². The Morgan fingerprint density at radius 3 is 2.33 bits per heavy atom. The van der Waals surface area contributed by atoms with Gasteiger partial charge in [-0.2, -0.15) is 0 Å². The molecule has 0 saturated heterocycles. The lowest BCUT2D eigenvalue weighted by molar-refractivity contribution is 0.795. The maximum atomic E-state index is 3.78. The van der Waals surface area contributed by atoms with Crippen LogP contribution in [0.15, 0.2) is 36.9 Å². The zero-order chi connectivity index (χ0) is 10.5.